The van der Waals surface area contributed by atoms with Crippen molar-refractivity contribution in [1.29, 1.82) is 0 Å². The standard InChI is InChI=1S/C18H28N2O3/c1-13(2)23-15-8-5-7-14(11-15)16(21)12-19-17(22)18(20(3)4)9-6-10-18/h5,7-8,11,13,16,21H,6,9-10,12H2,1-4H3,(H,19,22). The van der Waals surface area contributed by atoms with Crippen molar-refractivity contribution in [3.8, 4) is 5.75 Å². The van der Waals surface area contributed by atoms with E-state index in [-0.39, 0.29) is 18.6 Å². The molecule has 5 nitrogen and oxygen atoms in total. The first-order valence-electron chi connectivity index (χ1n) is 8.25. The quantitative estimate of drug-likeness (QED) is 0.808. The Labute approximate surface area is 138 Å². The van der Waals surface area contributed by atoms with Crippen LogP contribution in [-0.2, 0) is 4.79 Å². The highest BCUT2D eigenvalue weighted by atomic mass is 16.5. The molecule has 1 saturated carbocycles. The van der Waals surface area contributed by atoms with Crippen LogP contribution >= 0.6 is 0 Å². The van der Waals surface area contributed by atoms with Crippen LogP contribution < -0.4 is 10.1 Å². The highest BCUT2D eigenvalue weighted by Crippen LogP contribution is 2.36. The zero-order valence-electron chi connectivity index (χ0n) is 14.5. The number of amides is 1. The van der Waals surface area contributed by atoms with E-state index in [0.29, 0.717) is 0 Å². The topological polar surface area (TPSA) is 61.8 Å². The van der Waals surface area contributed by atoms with Crippen LogP contribution in [0.1, 0.15) is 44.8 Å². The van der Waals surface area contributed by atoms with Crippen molar-refractivity contribution in [3.63, 3.8) is 0 Å². The van der Waals surface area contributed by atoms with Gasteiger partial charge in [0.25, 0.3) is 0 Å². The van der Waals surface area contributed by atoms with Crippen LogP contribution in [0.25, 0.3) is 0 Å². The first-order chi connectivity index (χ1) is 10.8. The maximum atomic E-state index is 12.4. The summed E-state index contributed by atoms with van der Waals surface area (Å²) in [4.78, 5) is 14.4. The molecule has 0 saturated heterocycles. The summed E-state index contributed by atoms with van der Waals surface area (Å²) in [5, 5.41) is 13.2. The van der Waals surface area contributed by atoms with Gasteiger partial charge in [-0.15, -0.1) is 0 Å². The highest BCUT2D eigenvalue weighted by molar-refractivity contribution is 5.87. The molecule has 1 aliphatic carbocycles. The van der Waals surface area contributed by atoms with Gasteiger partial charge in [-0.3, -0.25) is 9.69 Å². The molecule has 5 heteroatoms. The molecule has 0 spiro atoms. The Morgan fingerprint density at radius 1 is 1.39 bits per heavy atom. The largest absolute Gasteiger partial charge is 0.491 e. The van der Waals surface area contributed by atoms with Crippen LogP contribution in [0.2, 0.25) is 0 Å². The molecule has 1 aromatic carbocycles. The average Bonchev–Trinajstić information content (AvgIpc) is 2.42. The lowest BCUT2D eigenvalue weighted by Gasteiger charge is -2.45. The summed E-state index contributed by atoms with van der Waals surface area (Å²) in [5.41, 5.74) is 0.346. The van der Waals surface area contributed by atoms with Gasteiger partial charge < -0.3 is 15.2 Å². The fourth-order valence-corrected chi connectivity index (χ4v) is 2.93. The minimum Gasteiger partial charge on any atom is -0.491 e. The van der Waals surface area contributed by atoms with E-state index in [1.807, 2.05) is 57.1 Å². The number of nitrogens with one attached hydrogen (secondary N) is 1. The molecule has 1 amide bonds. The molecule has 23 heavy (non-hydrogen) atoms. The third-order valence-electron chi connectivity index (χ3n) is 4.53. The van der Waals surface area contributed by atoms with Crippen molar-refractivity contribution >= 4 is 5.91 Å². The summed E-state index contributed by atoms with van der Waals surface area (Å²) in [6.45, 7) is 4.13. The van der Waals surface area contributed by atoms with Crippen LogP contribution in [0.3, 0.4) is 0 Å². The van der Waals surface area contributed by atoms with E-state index in [0.717, 1.165) is 30.6 Å². The predicted octanol–water partition coefficient (Wildman–Crippen LogP) is 2.11. The Morgan fingerprint density at radius 3 is 2.61 bits per heavy atom. The SMILES string of the molecule is CC(C)Oc1cccc(C(O)CNC(=O)C2(N(C)C)CCC2)c1. The van der Waals surface area contributed by atoms with E-state index in [2.05, 4.69) is 5.32 Å². The van der Waals surface area contributed by atoms with Gasteiger partial charge in [-0.05, 0) is 64.9 Å². The van der Waals surface area contributed by atoms with Gasteiger partial charge in [0.15, 0.2) is 0 Å². The molecule has 128 valence electrons. The molecule has 2 rings (SSSR count). The van der Waals surface area contributed by atoms with Crippen LogP contribution in [0.15, 0.2) is 24.3 Å². The van der Waals surface area contributed by atoms with Crippen LogP contribution in [0.5, 0.6) is 5.75 Å². The number of aliphatic hydroxyl groups excluding tert-OH is 1. The van der Waals surface area contributed by atoms with E-state index in [9.17, 15) is 9.90 Å². The van der Waals surface area contributed by atoms with Gasteiger partial charge in [0.2, 0.25) is 5.91 Å². The first-order valence-corrected chi connectivity index (χ1v) is 8.25. The molecule has 0 aliphatic heterocycles. The molecule has 0 heterocycles. The molecule has 2 N–H and O–H groups in total. The van der Waals surface area contributed by atoms with Crippen LogP contribution in [0, 0.1) is 0 Å². The Kier molecular flexibility index (Phi) is 5.65. The Morgan fingerprint density at radius 2 is 2.09 bits per heavy atom. The van der Waals surface area contributed by atoms with E-state index in [1.54, 1.807) is 0 Å². The minimum absolute atomic E-state index is 0.00221. The molecule has 1 fully saturated rings. The Balaban J connectivity index is 1.94. The molecule has 0 aromatic heterocycles. The minimum atomic E-state index is -0.742. The van der Waals surface area contributed by atoms with Gasteiger partial charge >= 0.3 is 0 Å². The Bertz CT molecular complexity index is 539. The summed E-state index contributed by atoms with van der Waals surface area (Å²) in [5.74, 6) is 0.731. The maximum absolute atomic E-state index is 12.4. The molecule has 0 bridgehead atoms. The lowest BCUT2D eigenvalue weighted by Crippen LogP contribution is -2.60. The second-order valence-corrected chi connectivity index (χ2v) is 6.74. The van der Waals surface area contributed by atoms with Gasteiger partial charge in [0.1, 0.15) is 5.75 Å². The van der Waals surface area contributed by atoms with Crippen molar-refractivity contribution in [3.05, 3.63) is 29.8 Å². The fourth-order valence-electron chi connectivity index (χ4n) is 2.93. The lowest BCUT2D eigenvalue weighted by molar-refractivity contribution is -0.137. The zero-order valence-corrected chi connectivity index (χ0v) is 14.5. The summed E-state index contributed by atoms with van der Waals surface area (Å²) in [7, 11) is 3.86. The summed E-state index contributed by atoms with van der Waals surface area (Å²) in [6, 6.07) is 7.38. The number of carbonyl (C=O) groups is 1. The summed E-state index contributed by atoms with van der Waals surface area (Å²) >= 11 is 0. The second kappa shape index (κ2) is 7.32. The van der Waals surface area contributed by atoms with Crippen LogP contribution in [-0.4, -0.2) is 48.2 Å². The molecule has 1 aliphatic rings. The lowest BCUT2D eigenvalue weighted by atomic mass is 9.75. The number of hydrogen-bond acceptors (Lipinski definition) is 4. The third-order valence-corrected chi connectivity index (χ3v) is 4.53. The molecular weight excluding hydrogens is 292 g/mol. The smallest absolute Gasteiger partial charge is 0.240 e. The first kappa shape index (κ1) is 17.8. The second-order valence-electron chi connectivity index (χ2n) is 6.74. The average molecular weight is 320 g/mol. The number of aliphatic hydroxyl groups is 1. The van der Waals surface area contributed by atoms with Crippen molar-refractivity contribution in [2.45, 2.75) is 50.9 Å². The summed E-state index contributed by atoms with van der Waals surface area (Å²) < 4.78 is 5.64. The maximum Gasteiger partial charge on any atom is 0.240 e. The van der Waals surface area contributed by atoms with Gasteiger partial charge in [-0.1, -0.05) is 12.1 Å². The molecular formula is C18H28N2O3. The number of likely N-dealkylation sites (N-methyl/N-ethyl adjacent to an activating group) is 1. The van der Waals surface area contributed by atoms with E-state index < -0.39 is 11.6 Å². The van der Waals surface area contributed by atoms with Gasteiger partial charge in [0, 0.05) is 6.54 Å². The van der Waals surface area contributed by atoms with E-state index >= 15 is 0 Å². The monoisotopic (exact) mass is 320 g/mol. The number of carbonyl (C=O) groups excluding carboxylic acids is 1. The summed E-state index contributed by atoms with van der Waals surface area (Å²) in [6.07, 6.45) is 2.16. The van der Waals surface area contributed by atoms with Crippen molar-refractivity contribution in [2.24, 2.45) is 0 Å². The van der Waals surface area contributed by atoms with Gasteiger partial charge in [-0.25, -0.2) is 0 Å². The number of nitrogens with zero attached hydrogens (tertiary/aromatic N) is 1. The number of benzene rings is 1. The van der Waals surface area contributed by atoms with Crippen molar-refractivity contribution in [1.82, 2.24) is 10.2 Å². The number of rotatable bonds is 7. The van der Waals surface area contributed by atoms with E-state index in [4.69, 9.17) is 4.74 Å². The fraction of sp³-hybridized carbons (Fsp3) is 0.611. The molecule has 1 unspecified atom stereocenters. The normalized spacial score (nSPS) is 17.7. The predicted molar refractivity (Wildman–Crippen MR) is 90.4 cm³/mol. The van der Waals surface area contributed by atoms with Crippen molar-refractivity contribution < 1.29 is 14.6 Å². The van der Waals surface area contributed by atoms with Crippen LogP contribution in [0.4, 0.5) is 0 Å². The zero-order chi connectivity index (χ0) is 17.0. The molecule has 0 radical (unpaired) electrons. The highest BCUT2D eigenvalue weighted by Gasteiger charge is 2.45. The molecule has 1 atom stereocenters. The van der Waals surface area contributed by atoms with Gasteiger partial charge in [-0.2, -0.15) is 0 Å². The van der Waals surface area contributed by atoms with Gasteiger partial charge in [0.05, 0.1) is 17.7 Å². The third kappa shape index (κ3) is 4.03. The van der Waals surface area contributed by atoms with E-state index in [1.165, 1.54) is 0 Å². The number of ether oxygens (including phenoxy) is 1. The van der Waals surface area contributed by atoms with Crippen molar-refractivity contribution in [2.75, 3.05) is 20.6 Å². The Hall–Kier alpha value is -1.59. The number of hydrogen-bond donors (Lipinski definition) is 2. The molecule has 1 aromatic rings.